The summed E-state index contributed by atoms with van der Waals surface area (Å²) in [5.74, 6) is 0. The van der Waals surface area contributed by atoms with Crippen molar-refractivity contribution in [1.82, 2.24) is 4.90 Å². The van der Waals surface area contributed by atoms with Crippen molar-refractivity contribution in [2.24, 2.45) is 0 Å². The van der Waals surface area contributed by atoms with E-state index < -0.39 is 20.8 Å². The second kappa shape index (κ2) is 39.6. The van der Waals surface area contributed by atoms with Crippen LogP contribution in [0, 0.1) is 0 Å². The van der Waals surface area contributed by atoms with Gasteiger partial charge in [0.1, 0.15) is 0 Å². The first-order valence-electron chi connectivity index (χ1n) is 17.4. The van der Waals surface area contributed by atoms with Crippen molar-refractivity contribution in [3.05, 3.63) is 11.8 Å². The lowest BCUT2D eigenvalue weighted by atomic mass is 10.1. The molecule has 0 aromatic rings. The van der Waals surface area contributed by atoms with Gasteiger partial charge in [-0.05, 0) is 19.8 Å². The molecule has 0 amide bonds. The Labute approximate surface area is 287 Å². The molecule has 0 unspecified atom stereocenters. The zero-order valence-electron chi connectivity index (χ0n) is 29.6. The molecule has 0 saturated carbocycles. The Morgan fingerprint density at radius 3 is 1.04 bits per heavy atom. The first kappa shape index (κ1) is 52.9. The average molecular weight is 726 g/mol. The zero-order valence-corrected chi connectivity index (χ0v) is 31.3. The molecule has 0 bridgehead atoms. The fourth-order valence-electron chi connectivity index (χ4n) is 4.52. The Morgan fingerprint density at radius 1 is 0.553 bits per heavy atom. The third kappa shape index (κ3) is 49.6. The highest BCUT2D eigenvalue weighted by molar-refractivity contribution is 7.81. The second-order valence-electron chi connectivity index (χ2n) is 11.2. The van der Waals surface area contributed by atoms with Crippen LogP contribution >= 0.6 is 0 Å². The van der Waals surface area contributed by atoms with E-state index in [9.17, 15) is 16.8 Å². The van der Waals surface area contributed by atoms with Crippen LogP contribution in [0.4, 0.5) is 0 Å². The Hall–Kier alpha value is -0.880. The van der Waals surface area contributed by atoms with Crippen molar-refractivity contribution in [3.63, 3.8) is 0 Å². The third-order valence-corrected chi connectivity index (χ3v) is 8.03. The van der Waals surface area contributed by atoms with Gasteiger partial charge in [-0.1, -0.05) is 135 Å². The van der Waals surface area contributed by atoms with Crippen LogP contribution in [-0.4, -0.2) is 97.8 Å². The van der Waals surface area contributed by atoms with E-state index in [-0.39, 0.29) is 38.5 Å². The van der Waals surface area contributed by atoms with Crippen LogP contribution in [0.3, 0.4) is 0 Å². The molecule has 0 radical (unpaired) electrons. The maximum atomic E-state index is 10.2. The van der Waals surface area contributed by atoms with Gasteiger partial charge >= 0.3 is 20.8 Å². The standard InChI is InChI=1S/2C12H26O4S.C8H17NO3.H2O/c2*1-2-3-4-5-6-7-8-9-10-11-12-16-17(13,14)15;1-2-8(7-12)9(3-5-10)4-6-11;/h2*2-12H2,1H3,(H,13,14,15);2,10-12H,3-7H2,1H3;1H2. The highest BCUT2D eigenvalue weighted by atomic mass is 32.3. The molecule has 0 heterocycles. The Kier molecular flexibility index (Phi) is 44.5. The zero-order chi connectivity index (χ0) is 35.4. The maximum Gasteiger partial charge on any atom is 0.397 e. The van der Waals surface area contributed by atoms with Gasteiger partial charge in [0, 0.05) is 18.8 Å². The summed E-state index contributed by atoms with van der Waals surface area (Å²) in [5.41, 5.74) is 0.734. The van der Waals surface area contributed by atoms with Crippen LogP contribution < -0.4 is 0 Å². The number of nitrogens with zero attached hydrogens (tertiary/aromatic N) is 1. The Morgan fingerprint density at radius 2 is 0.830 bits per heavy atom. The van der Waals surface area contributed by atoms with E-state index in [4.69, 9.17) is 24.4 Å². The van der Waals surface area contributed by atoms with Gasteiger partial charge in [0.2, 0.25) is 0 Å². The number of aliphatic hydroxyl groups excluding tert-OH is 3. The fourth-order valence-corrected chi connectivity index (χ4v) is 5.18. The average Bonchev–Trinajstić information content (AvgIpc) is 2.99. The molecule has 7 N–H and O–H groups in total. The molecule has 0 aliphatic carbocycles. The largest absolute Gasteiger partial charge is 0.412 e. The van der Waals surface area contributed by atoms with Gasteiger partial charge in [0.05, 0.1) is 33.0 Å². The van der Waals surface area contributed by atoms with Gasteiger partial charge in [-0.25, -0.2) is 8.37 Å². The second-order valence-corrected chi connectivity index (χ2v) is 13.4. The highest BCUT2D eigenvalue weighted by Crippen LogP contribution is 2.12. The van der Waals surface area contributed by atoms with E-state index in [0.29, 0.717) is 25.9 Å². The van der Waals surface area contributed by atoms with E-state index in [1.807, 2.05) is 6.92 Å². The molecule has 0 atom stereocenters. The number of allylic oxidation sites excluding steroid dienone is 1. The van der Waals surface area contributed by atoms with E-state index in [2.05, 4.69) is 22.2 Å². The minimum Gasteiger partial charge on any atom is -0.412 e. The van der Waals surface area contributed by atoms with Gasteiger partial charge in [-0.3, -0.25) is 9.11 Å². The van der Waals surface area contributed by atoms with Crippen molar-refractivity contribution in [2.45, 2.75) is 149 Å². The summed E-state index contributed by atoms with van der Waals surface area (Å²) >= 11 is 0. The van der Waals surface area contributed by atoms with Crippen LogP contribution in [0.5, 0.6) is 0 Å². The molecule has 0 saturated heterocycles. The molecule has 0 fully saturated rings. The molecular formula is C32H71NO12S2. The first-order chi connectivity index (χ1) is 21.9. The van der Waals surface area contributed by atoms with Crippen molar-refractivity contribution < 1.29 is 55.1 Å². The number of rotatable bonds is 30. The predicted octanol–water partition coefficient (Wildman–Crippen LogP) is 5.80. The lowest BCUT2D eigenvalue weighted by Crippen LogP contribution is -2.30. The van der Waals surface area contributed by atoms with Gasteiger partial charge in [-0.2, -0.15) is 16.8 Å². The molecule has 13 nitrogen and oxygen atoms in total. The number of unbranched alkanes of at least 4 members (excludes halogenated alkanes) is 18. The molecular weight excluding hydrogens is 654 g/mol. The van der Waals surface area contributed by atoms with E-state index >= 15 is 0 Å². The van der Waals surface area contributed by atoms with Gasteiger partial charge in [0.15, 0.2) is 0 Å². The van der Waals surface area contributed by atoms with Crippen molar-refractivity contribution in [2.75, 3.05) is 46.1 Å². The van der Waals surface area contributed by atoms with E-state index in [0.717, 1.165) is 31.4 Å². The summed E-state index contributed by atoms with van der Waals surface area (Å²) in [5, 5.41) is 26.2. The smallest absolute Gasteiger partial charge is 0.397 e. The summed E-state index contributed by atoms with van der Waals surface area (Å²) in [6.45, 7) is 7.31. The quantitative estimate of drug-likeness (QED) is 0.0438. The molecule has 0 aliphatic rings. The van der Waals surface area contributed by atoms with Crippen molar-refractivity contribution in [1.29, 1.82) is 0 Å². The Balaban J connectivity index is -0.000000297. The molecule has 288 valence electrons. The molecule has 47 heavy (non-hydrogen) atoms. The number of hydrogen-bond acceptors (Lipinski definition) is 10. The predicted molar refractivity (Wildman–Crippen MR) is 189 cm³/mol. The molecule has 0 aromatic carbocycles. The van der Waals surface area contributed by atoms with Crippen LogP contribution in [0.25, 0.3) is 0 Å². The minimum atomic E-state index is -4.23. The molecule has 0 aromatic heterocycles. The van der Waals surface area contributed by atoms with Gasteiger partial charge in [0.25, 0.3) is 0 Å². The summed E-state index contributed by atoms with van der Waals surface area (Å²) in [6, 6.07) is 0. The third-order valence-electron chi connectivity index (χ3n) is 7.10. The molecule has 15 heteroatoms. The summed E-state index contributed by atoms with van der Waals surface area (Å²) in [4.78, 5) is 1.75. The van der Waals surface area contributed by atoms with Crippen molar-refractivity contribution >= 4 is 20.8 Å². The Bertz CT molecular complexity index is 796. The summed E-state index contributed by atoms with van der Waals surface area (Å²) in [6.07, 6.45) is 25.5. The fraction of sp³-hybridized carbons (Fsp3) is 0.938. The molecule has 0 spiro atoms. The monoisotopic (exact) mass is 725 g/mol. The van der Waals surface area contributed by atoms with Gasteiger partial charge in [-0.15, -0.1) is 0 Å². The SMILES string of the molecule is CC=C(CO)N(CCO)CCO.CCCCCCCCCCCCOS(=O)(=O)O.CCCCCCCCCCCCOS(=O)(=O)O.O. The van der Waals surface area contributed by atoms with E-state index in [1.165, 1.54) is 89.9 Å². The van der Waals surface area contributed by atoms with E-state index in [1.54, 1.807) is 11.0 Å². The number of hydrogen-bond donors (Lipinski definition) is 5. The maximum absolute atomic E-state index is 10.2. The van der Waals surface area contributed by atoms with Crippen LogP contribution in [0.15, 0.2) is 11.8 Å². The summed E-state index contributed by atoms with van der Waals surface area (Å²) < 4.78 is 66.0. The lowest BCUT2D eigenvalue weighted by molar-refractivity contribution is 0.170. The number of aliphatic hydroxyl groups is 3. The normalized spacial score (nSPS) is 11.6. The van der Waals surface area contributed by atoms with Crippen LogP contribution in [0.2, 0.25) is 0 Å². The minimum absolute atomic E-state index is 0. The lowest BCUT2D eigenvalue weighted by Gasteiger charge is -2.24. The molecule has 0 aliphatic heterocycles. The van der Waals surface area contributed by atoms with Crippen molar-refractivity contribution in [3.8, 4) is 0 Å². The van der Waals surface area contributed by atoms with Crippen LogP contribution in [0.1, 0.15) is 149 Å². The van der Waals surface area contributed by atoms with Gasteiger partial charge < -0.3 is 25.7 Å². The topological polar surface area (TPSA) is 223 Å². The highest BCUT2D eigenvalue weighted by Gasteiger charge is 2.06. The summed E-state index contributed by atoms with van der Waals surface area (Å²) in [7, 11) is -8.47. The van der Waals surface area contributed by atoms with Crippen LogP contribution in [-0.2, 0) is 29.2 Å². The molecule has 0 rings (SSSR count). The first-order valence-corrected chi connectivity index (χ1v) is 20.1.